The topological polar surface area (TPSA) is 0 Å². The van der Waals surface area contributed by atoms with E-state index in [0.717, 1.165) is 0 Å². The molecule has 17 heavy (non-hydrogen) atoms. The number of benzene rings is 3. The van der Waals surface area contributed by atoms with Gasteiger partial charge >= 0.3 is 0 Å². The molecule has 0 fully saturated rings. The molecule has 0 atom stereocenters. The van der Waals surface area contributed by atoms with E-state index >= 15 is 0 Å². The Kier molecular flexibility index (Phi) is 1.64. The van der Waals surface area contributed by atoms with Crippen molar-refractivity contribution in [3.05, 3.63) is 72.2 Å². The molecule has 4 rings (SSSR count). The number of fused-ring (bicyclic) bond motifs is 2. The highest BCUT2D eigenvalue weighted by Crippen LogP contribution is 2.34. The predicted molar refractivity (Wildman–Crippen MR) is 72.7 cm³/mol. The number of hydrogen-bond donors (Lipinski definition) is 0. The second-order valence-electron chi connectivity index (χ2n) is 4.38. The summed E-state index contributed by atoms with van der Waals surface area (Å²) in [4.78, 5) is 0. The fourth-order valence-corrected chi connectivity index (χ4v) is 2.64. The summed E-state index contributed by atoms with van der Waals surface area (Å²) in [6.07, 6.45) is 6.49. The van der Waals surface area contributed by atoms with E-state index in [0.29, 0.717) is 0 Å². The average molecular weight is 214 g/mol. The number of allylic oxidation sites excluding steroid dienone is 1. The first-order valence-electron chi connectivity index (χ1n) is 5.82. The van der Waals surface area contributed by atoms with E-state index in [4.69, 9.17) is 0 Å². The van der Waals surface area contributed by atoms with Crippen molar-refractivity contribution >= 4 is 27.6 Å². The van der Waals surface area contributed by atoms with Gasteiger partial charge in [-0.1, -0.05) is 24.3 Å². The Balaban J connectivity index is 2.33. The molecule has 0 saturated heterocycles. The van der Waals surface area contributed by atoms with Crippen LogP contribution >= 0.6 is 0 Å². The van der Waals surface area contributed by atoms with Gasteiger partial charge in [0.05, 0.1) is 16.3 Å². The lowest BCUT2D eigenvalue weighted by Crippen LogP contribution is -1.93. The zero-order chi connectivity index (χ0) is 11.2. The van der Waals surface area contributed by atoms with E-state index in [2.05, 4.69) is 67.1 Å². The van der Waals surface area contributed by atoms with Crippen molar-refractivity contribution in [3.63, 3.8) is 0 Å². The molecule has 0 heterocycles. The second kappa shape index (κ2) is 3.14. The standard InChI is InChI=1S/C17H10/c1-2-9-15-13(5-1)11-14-8-3-6-12-7-4-10-16(15)17(12)14/h1-10H. The minimum absolute atomic E-state index is 1.19. The highest BCUT2D eigenvalue weighted by atomic mass is 14.1. The Morgan fingerprint density at radius 2 is 1.76 bits per heavy atom. The Bertz CT molecular complexity index is 763. The average Bonchev–Trinajstić information content (AvgIpc) is 2.39. The Morgan fingerprint density at radius 1 is 0.882 bits per heavy atom. The normalized spacial score (nSPS) is 12.9. The van der Waals surface area contributed by atoms with Crippen molar-refractivity contribution in [3.8, 4) is 0 Å². The highest BCUT2D eigenvalue weighted by molar-refractivity contribution is 6.07. The van der Waals surface area contributed by atoms with E-state index in [1.54, 1.807) is 0 Å². The first kappa shape index (κ1) is 8.89. The lowest BCUT2D eigenvalue weighted by atomic mass is 9.89. The lowest BCUT2D eigenvalue weighted by molar-refractivity contribution is 1.58. The molecule has 0 N–H and O–H groups in total. The summed E-state index contributed by atoms with van der Waals surface area (Å²) in [6, 6.07) is 18.4. The van der Waals surface area contributed by atoms with E-state index in [-0.39, 0.29) is 0 Å². The minimum atomic E-state index is 1.19. The molecule has 1 aliphatic rings. The molecule has 78 valence electrons. The van der Waals surface area contributed by atoms with Crippen LogP contribution in [0.4, 0.5) is 0 Å². The van der Waals surface area contributed by atoms with Gasteiger partial charge in [-0.15, -0.1) is 12.1 Å². The number of hydrogen-bond acceptors (Lipinski definition) is 0. The summed E-state index contributed by atoms with van der Waals surface area (Å²) < 4.78 is 0. The van der Waals surface area contributed by atoms with E-state index in [9.17, 15) is 0 Å². The molecule has 3 aromatic carbocycles. The van der Waals surface area contributed by atoms with Crippen LogP contribution < -0.4 is 0 Å². The Hall–Kier alpha value is -2.21. The zero-order valence-electron chi connectivity index (χ0n) is 9.27. The van der Waals surface area contributed by atoms with Crippen LogP contribution in [-0.2, 0) is 0 Å². The first-order valence-corrected chi connectivity index (χ1v) is 5.82. The molecule has 0 bridgehead atoms. The molecule has 0 radical (unpaired) electrons. The molecule has 0 heteroatoms. The molecular weight excluding hydrogens is 204 g/mol. The summed E-state index contributed by atoms with van der Waals surface area (Å²) in [5.74, 6) is 0. The van der Waals surface area contributed by atoms with Gasteiger partial charge in [0.25, 0.3) is 0 Å². The van der Waals surface area contributed by atoms with Crippen molar-refractivity contribution in [2.24, 2.45) is 0 Å². The van der Waals surface area contributed by atoms with Gasteiger partial charge in [0.2, 0.25) is 0 Å². The Morgan fingerprint density at radius 3 is 2.76 bits per heavy atom. The van der Waals surface area contributed by atoms with Gasteiger partial charge in [0.1, 0.15) is 5.56 Å². The maximum atomic E-state index is 3.50. The van der Waals surface area contributed by atoms with Crippen LogP contribution in [0.15, 0.2) is 48.5 Å². The quantitative estimate of drug-likeness (QED) is 0.385. The molecule has 1 aliphatic carbocycles. The van der Waals surface area contributed by atoms with Gasteiger partial charge in [0, 0.05) is 18.6 Å². The van der Waals surface area contributed by atoms with Crippen molar-refractivity contribution in [1.82, 2.24) is 0 Å². The van der Waals surface area contributed by atoms with Crippen molar-refractivity contribution in [2.75, 3.05) is 0 Å². The van der Waals surface area contributed by atoms with E-state index in [1.165, 1.54) is 32.7 Å². The van der Waals surface area contributed by atoms with Crippen LogP contribution in [-0.4, -0.2) is 0 Å². The van der Waals surface area contributed by atoms with Gasteiger partial charge in [0.15, 0.2) is 0 Å². The minimum Gasteiger partial charge on any atom is -0.101 e. The van der Waals surface area contributed by atoms with Crippen molar-refractivity contribution < 1.29 is 0 Å². The maximum absolute atomic E-state index is 3.50. The van der Waals surface area contributed by atoms with Crippen LogP contribution in [0.2, 0.25) is 0 Å². The SMILES string of the molecule is [c-]1c2ccccc2c2c3c(cccc13)C=C[CH+]2. The third-order valence-electron chi connectivity index (χ3n) is 3.39. The smallest absolute Gasteiger partial charge is 0.101 e. The summed E-state index contributed by atoms with van der Waals surface area (Å²) in [5.41, 5.74) is 2.62. The fraction of sp³-hybridized carbons (Fsp3) is 0. The van der Waals surface area contributed by atoms with Gasteiger partial charge in [-0.3, -0.25) is 0 Å². The van der Waals surface area contributed by atoms with Gasteiger partial charge in [-0.2, -0.15) is 0 Å². The van der Waals surface area contributed by atoms with Crippen LogP contribution in [0.5, 0.6) is 0 Å². The third kappa shape index (κ3) is 1.15. The molecular formula is C17H10. The molecule has 0 amide bonds. The van der Waals surface area contributed by atoms with Crippen LogP contribution in [0.25, 0.3) is 27.6 Å². The summed E-state index contributed by atoms with van der Waals surface area (Å²) in [6.45, 7) is 0. The van der Waals surface area contributed by atoms with Gasteiger partial charge in [-0.25, -0.2) is 0 Å². The van der Waals surface area contributed by atoms with Gasteiger partial charge < -0.3 is 0 Å². The van der Waals surface area contributed by atoms with Gasteiger partial charge in [-0.05, 0) is 22.9 Å². The third-order valence-corrected chi connectivity index (χ3v) is 3.39. The molecule has 0 aliphatic heterocycles. The zero-order valence-corrected chi connectivity index (χ0v) is 9.27. The van der Waals surface area contributed by atoms with Crippen LogP contribution in [0.1, 0.15) is 11.1 Å². The molecule has 3 aromatic rings. The maximum Gasteiger partial charge on any atom is 0.110 e. The summed E-state index contributed by atoms with van der Waals surface area (Å²) in [5, 5.41) is 5.01. The van der Waals surface area contributed by atoms with Crippen molar-refractivity contribution in [2.45, 2.75) is 0 Å². The highest BCUT2D eigenvalue weighted by Gasteiger charge is 2.17. The molecule has 0 nitrogen and oxygen atoms in total. The first-order chi connectivity index (χ1) is 8.43. The molecule has 0 aromatic heterocycles. The number of rotatable bonds is 0. The Labute approximate surface area is 100 Å². The summed E-state index contributed by atoms with van der Waals surface area (Å²) in [7, 11) is 0. The summed E-state index contributed by atoms with van der Waals surface area (Å²) >= 11 is 0. The largest absolute Gasteiger partial charge is 0.110 e. The van der Waals surface area contributed by atoms with E-state index in [1.807, 2.05) is 0 Å². The van der Waals surface area contributed by atoms with E-state index < -0.39 is 0 Å². The van der Waals surface area contributed by atoms with Crippen LogP contribution in [0.3, 0.4) is 0 Å². The van der Waals surface area contributed by atoms with Crippen molar-refractivity contribution in [1.29, 1.82) is 0 Å². The lowest BCUT2D eigenvalue weighted by Gasteiger charge is -2.10. The molecule has 0 spiro atoms. The fourth-order valence-electron chi connectivity index (χ4n) is 2.64. The molecule has 0 unspecified atom stereocenters. The van der Waals surface area contributed by atoms with Crippen LogP contribution in [0, 0.1) is 12.5 Å². The molecule has 0 saturated carbocycles. The second-order valence-corrected chi connectivity index (χ2v) is 4.38. The monoisotopic (exact) mass is 214 g/mol. The predicted octanol–water partition coefficient (Wildman–Crippen LogP) is 4.37.